The predicted octanol–water partition coefficient (Wildman–Crippen LogP) is 1.96. The first-order chi connectivity index (χ1) is 12.1. The fourth-order valence-corrected chi connectivity index (χ4v) is 2.62. The molecular weight excluding hydrogens is 316 g/mol. The summed E-state index contributed by atoms with van der Waals surface area (Å²) in [4.78, 5) is 15.0. The molecule has 0 saturated carbocycles. The van der Waals surface area contributed by atoms with Crippen molar-refractivity contribution in [2.24, 2.45) is 0 Å². The molecule has 0 spiro atoms. The zero-order chi connectivity index (χ0) is 17.4. The van der Waals surface area contributed by atoms with E-state index >= 15 is 0 Å². The average molecular weight is 332 g/mol. The van der Waals surface area contributed by atoms with Crippen LogP contribution in [0.5, 0.6) is 0 Å². The molecule has 0 aliphatic carbocycles. The number of fused-ring (bicyclic) bond motifs is 1. The lowest BCUT2D eigenvalue weighted by molar-refractivity contribution is 0.829. The number of hydrogen-bond acceptors (Lipinski definition) is 5. The van der Waals surface area contributed by atoms with Gasteiger partial charge in [0.1, 0.15) is 5.69 Å². The summed E-state index contributed by atoms with van der Waals surface area (Å²) in [7, 11) is 0. The van der Waals surface area contributed by atoms with Crippen molar-refractivity contribution in [1.29, 1.82) is 0 Å². The zero-order valence-corrected chi connectivity index (χ0v) is 13.6. The molecule has 0 bridgehead atoms. The van der Waals surface area contributed by atoms with Crippen molar-refractivity contribution < 1.29 is 0 Å². The summed E-state index contributed by atoms with van der Waals surface area (Å²) >= 11 is 0. The molecule has 2 heterocycles. The number of H-pyrrole nitrogens is 1. The Labute approximate surface area is 143 Å². The van der Waals surface area contributed by atoms with Gasteiger partial charge in [-0.1, -0.05) is 29.8 Å². The molecule has 7 heteroatoms. The number of nitrogens with zero attached hydrogens (tertiary/aromatic N) is 4. The fourth-order valence-electron chi connectivity index (χ4n) is 2.62. The molecular formula is C18H16N6O. The Morgan fingerprint density at radius 3 is 2.48 bits per heavy atom. The molecule has 2 aromatic heterocycles. The quantitative estimate of drug-likeness (QED) is 0.558. The largest absolute Gasteiger partial charge is 0.399 e. The third-order valence-corrected chi connectivity index (χ3v) is 4.01. The van der Waals surface area contributed by atoms with Crippen LogP contribution in [0, 0.1) is 6.92 Å². The number of anilines is 1. The molecule has 4 aromatic rings. The van der Waals surface area contributed by atoms with Crippen LogP contribution in [0.3, 0.4) is 0 Å². The first-order valence-electron chi connectivity index (χ1n) is 7.86. The summed E-state index contributed by atoms with van der Waals surface area (Å²) in [5.41, 5.74) is 9.56. The van der Waals surface area contributed by atoms with Gasteiger partial charge in [0.2, 0.25) is 0 Å². The van der Waals surface area contributed by atoms with E-state index in [1.165, 1.54) is 5.56 Å². The van der Waals surface area contributed by atoms with Crippen LogP contribution in [-0.2, 0) is 6.42 Å². The summed E-state index contributed by atoms with van der Waals surface area (Å²) in [6, 6.07) is 15.3. The standard InChI is InChI=1S/C18H16N6O/c1-11-2-4-12(5-3-11)10-15-17(25)20-18-22-21-16(24(18)23-15)13-6-8-14(19)9-7-13/h2-9H,10,19H2,1H3,(H,20,22,25). The van der Waals surface area contributed by atoms with Crippen molar-refractivity contribution in [1.82, 2.24) is 24.8 Å². The summed E-state index contributed by atoms with van der Waals surface area (Å²) in [6.07, 6.45) is 0.435. The Kier molecular flexibility index (Phi) is 3.53. The van der Waals surface area contributed by atoms with Crippen molar-refractivity contribution in [3.8, 4) is 11.4 Å². The molecule has 0 fully saturated rings. The molecule has 0 atom stereocenters. The Morgan fingerprint density at radius 2 is 1.76 bits per heavy atom. The third-order valence-electron chi connectivity index (χ3n) is 4.01. The second-order valence-electron chi connectivity index (χ2n) is 5.94. The number of aryl methyl sites for hydroxylation is 1. The number of rotatable bonds is 3. The second kappa shape index (κ2) is 5.86. The summed E-state index contributed by atoms with van der Waals surface area (Å²) < 4.78 is 1.55. The maximum absolute atomic E-state index is 12.3. The Hall–Kier alpha value is -3.48. The average Bonchev–Trinajstić information content (AvgIpc) is 3.00. The van der Waals surface area contributed by atoms with Gasteiger partial charge in [-0.3, -0.25) is 9.78 Å². The van der Waals surface area contributed by atoms with E-state index in [1.807, 2.05) is 43.3 Å². The lowest BCUT2D eigenvalue weighted by Gasteiger charge is -2.04. The van der Waals surface area contributed by atoms with Crippen LogP contribution in [0.2, 0.25) is 0 Å². The van der Waals surface area contributed by atoms with Crippen LogP contribution >= 0.6 is 0 Å². The number of benzene rings is 2. The summed E-state index contributed by atoms with van der Waals surface area (Å²) in [5.74, 6) is 0.862. The molecule has 25 heavy (non-hydrogen) atoms. The molecule has 0 aliphatic rings. The van der Waals surface area contributed by atoms with Gasteiger partial charge in [-0.2, -0.15) is 9.61 Å². The summed E-state index contributed by atoms with van der Waals surface area (Å²) in [5, 5.41) is 12.6. The molecule has 0 radical (unpaired) electrons. The van der Waals surface area contributed by atoms with Gasteiger partial charge in [-0.15, -0.1) is 10.2 Å². The van der Waals surface area contributed by atoms with Crippen LogP contribution in [-0.4, -0.2) is 24.8 Å². The van der Waals surface area contributed by atoms with Crippen molar-refractivity contribution in [3.63, 3.8) is 0 Å². The van der Waals surface area contributed by atoms with Crippen molar-refractivity contribution in [2.45, 2.75) is 13.3 Å². The molecule has 3 N–H and O–H groups in total. The number of nitrogens with one attached hydrogen (secondary N) is 1. The van der Waals surface area contributed by atoms with Gasteiger partial charge >= 0.3 is 0 Å². The topological polar surface area (TPSA) is 102 Å². The number of nitrogens with two attached hydrogens (primary N) is 1. The molecule has 0 saturated heterocycles. The van der Waals surface area contributed by atoms with E-state index in [2.05, 4.69) is 20.3 Å². The molecule has 2 aromatic carbocycles. The molecule has 4 rings (SSSR count). The van der Waals surface area contributed by atoms with E-state index in [1.54, 1.807) is 16.6 Å². The lowest BCUT2D eigenvalue weighted by Crippen LogP contribution is -2.19. The number of aromatic amines is 1. The normalized spacial score (nSPS) is 11.1. The van der Waals surface area contributed by atoms with Gasteiger partial charge in [0.15, 0.2) is 5.82 Å². The number of hydrogen-bond donors (Lipinski definition) is 2. The Morgan fingerprint density at radius 1 is 1.04 bits per heavy atom. The van der Waals surface area contributed by atoms with E-state index < -0.39 is 0 Å². The lowest BCUT2D eigenvalue weighted by atomic mass is 10.1. The first-order valence-corrected chi connectivity index (χ1v) is 7.86. The molecule has 0 amide bonds. The molecule has 124 valence electrons. The highest BCUT2D eigenvalue weighted by molar-refractivity contribution is 5.60. The van der Waals surface area contributed by atoms with Gasteiger partial charge in [-0.05, 0) is 36.8 Å². The minimum absolute atomic E-state index is 0.260. The number of aromatic nitrogens is 5. The molecule has 0 unspecified atom stereocenters. The Bertz CT molecular complexity index is 1090. The number of nitrogen functional groups attached to an aromatic ring is 1. The second-order valence-corrected chi connectivity index (χ2v) is 5.94. The van der Waals surface area contributed by atoms with E-state index in [4.69, 9.17) is 5.73 Å². The third kappa shape index (κ3) is 2.87. The monoisotopic (exact) mass is 332 g/mol. The zero-order valence-electron chi connectivity index (χ0n) is 13.6. The van der Waals surface area contributed by atoms with E-state index in [-0.39, 0.29) is 5.56 Å². The fraction of sp³-hybridized carbons (Fsp3) is 0.111. The smallest absolute Gasteiger partial charge is 0.274 e. The minimum atomic E-state index is -0.260. The van der Waals surface area contributed by atoms with Gasteiger partial charge in [0, 0.05) is 17.7 Å². The van der Waals surface area contributed by atoms with Crippen molar-refractivity contribution in [3.05, 3.63) is 75.7 Å². The minimum Gasteiger partial charge on any atom is -0.399 e. The van der Waals surface area contributed by atoms with Crippen LogP contribution in [0.1, 0.15) is 16.8 Å². The van der Waals surface area contributed by atoms with E-state index in [0.717, 1.165) is 11.1 Å². The highest BCUT2D eigenvalue weighted by atomic mass is 16.1. The Balaban J connectivity index is 1.79. The predicted molar refractivity (Wildman–Crippen MR) is 95.2 cm³/mol. The van der Waals surface area contributed by atoms with Crippen molar-refractivity contribution >= 4 is 11.5 Å². The summed E-state index contributed by atoms with van der Waals surface area (Å²) in [6.45, 7) is 2.02. The van der Waals surface area contributed by atoms with Crippen molar-refractivity contribution in [2.75, 3.05) is 5.73 Å². The van der Waals surface area contributed by atoms with Crippen LogP contribution < -0.4 is 11.3 Å². The maximum atomic E-state index is 12.3. The maximum Gasteiger partial charge on any atom is 0.274 e. The van der Waals surface area contributed by atoms with E-state index in [0.29, 0.717) is 29.4 Å². The highest BCUT2D eigenvalue weighted by Gasteiger charge is 2.13. The highest BCUT2D eigenvalue weighted by Crippen LogP contribution is 2.18. The van der Waals surface area contributed by atoms with E-state index in [9.17, 15) is 4.79 Å². The SMILES string of the molecule is Cc1ccc(Cc2nn3c(-c4ccc(N)cc4)nnc3[nH]c2=O)cc1. The van der Waals surface area contributed by atoms with Gasteiger partial charge in [0.05, 0.1) is 0 Å². The van der Waals surface area contributed by atoms with Crippen LogP contribution in [0.25, 0.3) is 17.2 Å². The molecule has 0 aliphatic heterocycles. The molecule has 7 nitrogen and oxygen atoms in total. The first kappa shape index (κ1) is 15.1. The van der Waals surface area contributed by atoms with Crippen LogP contribution in [0.4, 0.5) is 5.69 Å². The van der Waals surface area contributed by atoms with Gasteiger partial charge in [0.25, 0.3) is 11.3 Å². The van der Waals surface area contributed by atoms with Gasteiger partial charge < -0.3 is 5.73 Å². The van der Waals surface area contributed by atoms with Crippen LogP contribution in [0.15, 0.2) is 53.3 Å². The van der Waals surface area contributed by atoms with Gasteiger partial charge in [-0.25, -0.2) is 0 Å².